The van der Waals surface area contributed by atoms with Crippen LogP contribution in [0, 0.1) is 0 Å². The molecule has 0 saturated carbocycles. The molecule has 48 heavy (non-hydrogen) atoms. The highest BCUT2D eigenvalue weighted by Gasteiger charge is 2.24. The highest BCUT2D eigenvalue weighted by molar-refractivity contribution is 5.72. The second-order valence-corrected chi connectivity index (χ2v) is 10.1. The predicted octanol–water partition coefficient (Wildman–Crippen LogP) is 5.25. The fourth-order valence-corrected chi connectivity index (χ4v) is 4.92. The molecule has 258 valence electrons. The Labute approximate surface area is 280 Å². The molecule has 0 radical (unpaired) electrons. The Morgan fingerprint density at radius 2 is 0.521 bits per heavy atom. The lowest BCUT2D eigenvalue weighted by Crippen LogP contribution is -2.22. The van der Waals surface area contributed by atoms with Crippen LogP contribution >= 0.6 is 0 Å². The average Bonchev–Trinajstić information content (AvgIpc) is 3.14. The maximum atomic E-state index is 5.60. The van der Waals surface area contributed by atoms with Crippen molar-refractivity contribution in [3.8, 4) is 51.7 Å². The van der Waals surface area contributed by atoms with Crippen LogP contribution in [-0.4, -0.2) is 100 Å². The Bertz CT molecular complexity index is 1450. The minimum Gasteiger partial charge on any atom is -0.493 e. The van der Waals surface area contributed by atoms with Crippen LogP contribution in [0.15, 0.2) is 36.4 Å². The molecule has 1 aromatic heterocycles. The quantitative estimate of drug-likeness (QED) is 0.163. The Hall–Kier alpha value is -5.73. The Balaban J connectivity index is 1.94. The largest absolute Gasteiger partial charge is 0.493 e. The van der Waals surface area contributed by atoms with Gasteiger partial charge in [-0.1, -0.05) is 0 Å². The van der Waals surface area contributed by atoms with Crippen LogP contribution in [0.3, 0.4) is 0 Å². The van der Waals surface area contributed by atoms with Gasteiger partial charge in [0.25, 0.3) is 0 Å². The van der Waals surface area contributed by atoms with Crippen molar-refractivity contribution < 1.29 is 42.6 Å². The number of benzene rings is 3. The molecule has 4 rings (SSSR count). The zero-order valence-electron chi connectivity index (χ0n) is 29.3. The summed E-state index contributed by atoms with van der Waals surface area (Å²) in [5.41, 5.74) is 2.00. The molecule has 0 spiro atoms. The van der Waals surface area contributed by atoms with Gasteiger partial charge in [-0.15, -0.1) is 0 Å². The molecular weight excluding hydrogens is 624 g/mol. The fourth-order valence-electron chi connectivity index (χ4n) is 4.92. The van der Waals surface area contributed by atoms with E-state index in [2.05, 4.69) is 0 Å². The predicted molar refractivity (Wildman–Crippen MR) is 182 cm³/mol. The minimum absolute atomic E-state index is 0.308. The smallest absolute Gasteiger partial charge is 0.236 e. The maximum absolute atomic E-state index is 5.60. The van der Waals surface area contributed by atoms with Gasteiger partial charge >= 0.3 is 0 Å². The zero-order chi connectivity index (χ0) is 35.1. The Kier molecular flexibility index (Phi) is 11.2. The third-order valence-electron chi connectivity index (χ3n) is 7.61. The molecule has 1 heterocycles. The summed E-state index contributed by atoms with van der Waals surface area (Å²) in [5, 5.41) is 0. The van der Waals surface area contributed by atoms with Gasteiger partial charge < -0.3 is 57.3 Å². The summed E-state index contributed by atoms with van der Waals surface area (Å²) >= 11 is 0. The van der Waals surface area contributed by atoms with Crippen molar-refractivity contribution in [1.82, 2.24) is 15.0 Å². The highest BCUT2D eigenvalue weighted by Crippen LogP contribution is 2.45. The summed E-state index contributed by atoms with van der Waals surface area (Å²) in [6.45, 7) is 0. The minimum atomic E-state index is 0.308. The number of anilines is 6. The second-order valence-electron chi connectivity index (χ2n) is 10.1. The number of ether oxygens (including phenoxy) is 9. The van der Waals surface area contributed by atoms with Crippen molar-refractivity contribution in [2.75, 3.05) is 99.8 Å². The summed E-state index contributed by atoms with van der Waals surface area (Å²) in [6.07, 6.45) is 0. The first kappa shape index (κ1) is 35.1. The molecule has 0 unspecified atom stereocenters. The lowest BCUT2D eigenvalue weighted by atomic mass is 10.2. The molecule has 0 saturated heterocycles. The van der Waals surface area contributed by atoms with Crippen LogP contribution in [0.25, 0.3) is 0 Å². The number of hydrogen-bond acceptors (Lipinski definition) is 15. The van der Waals surface area contributed by atoms with Crippen molar-refractivity contribution in [2.45, 2.75) is 0 Å². The zero-order valence-corrected chi connectivity index (χ0v) is 29.3. The first-order valence-corrected chi connectivity index (χ1v) is 14.5. The molecule has 4 aromatic rings. The number of rotatable bonds is 15. The van der Waals surface area contributed by atoms with Crippen LogP contribution in [0.2, 0.25) is 0 Å². The summed E-state index contributed by atoms with van der Waals surface area (Å²) in [7, 11) is 19.4. The van der Waals surface area contributed by atoms with Crippen LogP contribution in [0.4, 0.5) is 34.9 Å². The topological polar surface area (TPSA) is 131 Å². The molecule has 0 bridgehead atoms. The van der Waals surface area contributed by atoms with Gasteiger partial charge in [0.15, 0.2) is 34.5 Å². The summed E-state index contributed by atoms with van der Waals surface area (Å²) in [5.74, 6) is 5.11. The Morgan fingerprint density at radius 1 is 0.333 bits per heavy atom. The monoisotopic (exact) mass is 666 g/mol. The first-order valence-electron chi connectivity index (χ1n) is 14.5. The van der Waals surface area contributed by atoms with E-state index in [1.165, 1.54) is 0 Å². The van der Waals surface area contributed by atoms with Gasteiger partial charge in [-0.25, -0.2) is 0 Å². The number of methoxy groups -OCH3 is 9. The van der Waals surface area contributed by atoms with E-state index in [1.807, 2.05) is 21.1 Å². The molecule has 0 N–H and O–H groups in total. The standard InChI is InChI=1S/C33H42N6O9/c1-37(19-13-22(40-4)28(46-10)23(14-19)41-5)31-34-32(38(2)20-15-24(42-6)29(47-11)25(16-20)43-7)36-33(35-31)39(3)21-17-26(44-8)30(48-12)27(18-21)45-9/h13-18H,1-12H3. The lowest BCUT2D eigenvalue weighted by Gasteiger charge is -2.26. The molecule has 15 heteroatoms. The first-order chi connectivity index (χ1) is 23.1. The summed E-state index contributed by atoms with van der Waals surface area (Å²) in [6, 6.07) is 10.8. The van der Waals surface area contributed by atoms with E-state index in [9.17, 15) is 0 Å². The van der Waals surface area contributed by atoms with E-state index < -0.39 is 0 Å². The van der Waals surface area contributed by atoms with Crippen molar-refractivity contribution in [3.63, 3.8) is 0 Å². The molecule has 0 atom stereocenters. The summed E-state index contributed by atoms with van der Waals surface area (Å²) in [4.78, 5) is 20.0. The van der Waals surface area contributed by atoms with Crippen molar-refractivity contribution in [3.05, 3.63) is 36.4 Å². The third-order valence-corrected chi connectivity index (χ3v) is 7.61. The fraction of sp³-hybridized carbons (Fsp3) is 0.364. The molecule has 15 nitrogen and oxygen atoms in total. The average molecular weight is 667 g/mol. The third kappa shape index (κ3) is 6.70. The molecule has 0 fully saturated rings. The number of nitrogens with zero attached hydrogens (tertiary/aromatic N) is 6. The number of aromatic nitrogens is 3. The summed E-state index contributed by atoms with van der Waals surface area (Å²) < 4.78 is 50.2. The maximum Gasteiger partial charge on any atom is 0.236 e. The second kappa shape index (κ2) is 15.2. The Morgan fingerprint density at radius 3 is 0.667 bits per heavy atom. The molecule has 0 aliphatic rings. The van der Waals surface area contributed by atoms with Gasteiger partial charge in [0, 0.05) is 57.5 Å². The molecular formula is C33H42N6O9. The molecule has 3 aromatic carbocycles. The van der Waals surface area contributed by atoms with E-state index in [1.54, 1.807) is 115 Å². The van der Waals surface area contributed by atoms with Crippen LogP contribution in [-0.2, 0) is 0 Å². The highest BCUT2D eigenvalue weighted by atomic mass is 16.5. The van der Waals surface area contributed by atoms with Gasteiger partial charge in [-0.2, -0.15) is 15.0 Å². The van der Waals surface area contributed by atoms with E-state index in [4.69, 9.17) is 57.6 Å². The molecule has 0 amide bonds. The van der Waals surface area contributed by atoms with Gasteiger partial charge in [-0.05, 0) is 0 Å². The van der Waals surface area contributed by atoms with Gasteiger partial charge in [0.1, 0.15) is 0 Å². The number of hydrogen-bond donors (Lipinski definition) is 0. The molecule has 0 aliphatic heterocycles. The van der Waals surface area contributed by atoms with E-state index in [0.29, 0.717) is 86.7 Å². The van der Waals surface area contributed by atoms with Crippen LogP contribution in [0.5, 0.6) is 51.7 Å². The van der Waals surface area contributed by atoms with E-state index in [0.717, 1.165) is 0 Å². The lowest BCUT2D eigenvalue weighted by molar-refractivity contribution is 0.324. The van der Waals surface area contributed by atoms with Gasteiger partial charge in [-0.3, -0.25) is 0 Å². The van der Waals surface area contributed by atoms with Crippen molar-refractivity contribution in [1.29, 1.82) is 0 Å². The van der Waals surface area contributed by atoms with E-state index >= 15 is 0 Å². The SMILES string of the molecule is COc1cc(N(C)c2nc(N(C)c3cc(OC)c(OC)c(OC)c3)nc(N(C)c3cc(OC)c(OC)c(OC)c3)n2)cc(OC)c1OC. The van der Waals surface area contributed by atoms with Gasteiger partial charge in [0.05, 0.1) is 81.1 Å². The van der Waals surface area contributed by atoms with Crippen molar-refractivity contribution in [2.24, 2.45) is 0 Å². The van der Waals surface area contributed by atoms with Crippen LogP contribution < -0.4 is 57.3 Å². The van der Waals surface area contributed by atoms with Crippen LogP contribution in [0.1, 0.15) is 0 Å². The van der Waals surface area contributed by atoms with Gasteiger partial charge in [0.2, 0.25) is 35.1 Å². The van der Waals surface area contributed by atoms with E-state index in [-0.39, 0.29) is 0 Å². The normalized spacial score (nSPS) is 10.5. The molecule has 0 aliphatic carbocycles. The van der Waals surface area contributed by atoms with Crippen molar-refractivity contribution >= 4 is 34.9 Å².